The van der Waals surface area contributed by atoms with Gasteiger partial charge < -0.3 is 25.8 Å². The van der Waals surface area contributed by atoms with E-state index >= 15 is 0 Å². The lowest BCUT2D eigenvalue weighted by Gasteiger charge is -2.39. The summed E-state index contributed by atoms with van der Waals surface area (Å²) >= 11 is 0. The third-order valence-electron chi connectivity index (χ3n) is 9.48. The van der Waals surface area contributed by atoms with Gasteiger partial charge in [0.25, 0.3) is 11.8 Å². The summed E-state index contributed by atoms with van der Waals surface area (Å²) in [6.07, 6.45) is -5.42. The molecule has 1 atom stereocenters. The van der Waals surface area contributed by atoms with Crippen LogP contribution in [0.2, 0.25) is 0 Å². The molecule has 0 aromatic heterocycles. The first-order valence-electron chi connectivity index (χ1n) is 16.6. The van der Waals surface area contributed by atoms with Crippen molar-refractivity contribution in [2.45, 2.75) is 82.5 Å². The number of nitrogens with one attached hydrogen (secondary N) is 1. The first kappa shape index (κ1) is 40.8. The highest BCUT2D eigenvalue weighted by molar-refractivity contribution is 7.85. The van der Waals surface area contributed by atoms with E-state index in [1.165, 1.54) is 5.41 Å². The van der Waals surface area contributed by atoms with Crippen LogP contribution in [0.25, 0.3) is 6.08 Å². The Balaban J connectivity index is 1.35. The molecular weight excluding hydrogens is 718 g/mol. The summed E-state index contributed by atoms with van der Waals surface area (Å²) in [5.74, 6) is -8.32. The number of aryl methyl sites for hydroxylation is 2. The molecule has 0 aliphatic carbocycles. The van der Waals surface area contributed by atoms with Crippen LogP contribution in [0, 0.1) is 19.7 Å². The number of amides is 3. The molecule has 2 aromatic rings. The van der Waals surface area contributed by atoms with E-state index in [4.69, 9.17) is 10.5 Å². The maximum atomic E-state index is 14.3. The van der Waals surface area contributed by atoms with Gasteiger partial charge in [-0.05, 0) is 106 Å². The van der Waals surface area contributed by atoms with E-state index in [2.05, 4.69) is 5.32 Å². The highest BCUT2D eigenvalue weighted by atomic mass is 32.2. The molecule has 286 valence electrons. The van der Waals surface area contributed by atoms with Gasteiger partial charge in [0.2, 0.25) is 5.91 Å². The van der Waals surface area contributed by atoms with Crippen molar-refractivity contribution in [3.63, 3.8) is 0 Å². The number of halogens is 6. The largest absolute Gasteiger partial charge is 0.490 e. The Morgan fingerprint density at radius 2 is 1.58 bits per heavy atom. The molecular formula is C35H42F6N4O6S. The van der Waals surface area contributed by atoms with E-state index in [0.29, 0.717) is 31.5 Å². The Hall–Kier alpha value is -3.96. The summed E-state index contributed by atoms with van der Waals surface area (Å²) in [4.78, 5) is 40.6. The second-order valence-electron chi connectivity index (χ2n) is 13.5. The predicted octanol–water partition coefficient (Wildman–Crippen LogP) is 5.17. The number of likely N-dealkylation sites (tertiary alicyclic amines) is 1. The SMILES string of the molecule is Cc1cc(C(=O)N2CCC(C)(O)CC2)cc(C)c1/C=C/S(=O)N1CCC(NC(=O)c2ccc(F)c(OCCCC(F)(F)C(F)(F)F)c2)(C(N)=O)CC1. The molecule has 2 fully saturated rings. The maximum absolute atomic E-state index is 14.3. The number of rotatable bonds is 12. The second kappa shape index (κ2) is 16.0. The summed E-state index contributed by atoms with van der Waals surface area (Å²) in [7, 11) is -1.64. The molecule has 2 saturated heterocycles. The first-order chi connectivity index (χ1) is 24.1. The number of primary amides is 1. The van der Waals surface area contributed by atoms with Crippen LogP contribution in [0.15, 0.2) is 35.7 Å². The Morgan fingerprint density at radius 1 is 0.981 bits per heavy atom. The molecule has 2 heterocycles. The minimum absolute atomic E-state index is 0.0214. The van der Waals surface area contributed by atoms with Gasteiger partial charge in [0, 0.05) is 49.1 Å². The van der Waals surface area contributed by atoms with Crippen LogP contribution in [0.3, 0.4) is 0 Å². The Bertz CT molecular complexity index is 1690. The van der Waals surface area contributed by atoms with Gasteiger partial charge >= 0.3 is 12.1 Å². The molecule has 2 aromatic carbocycles. The molecule has 0 radical (unpaired) electrons. The second-order valence-corrected chi connectivity index (χ2v) is 14.9. The van der Waals surface area contributed by atoms with Crippen molar-refractivity contribution < 1.29 is 54.8 Å². The number of aliphatic hydroxyl groups is 1. The summed E-state index contributed by atoms with van der Waals surface area (Å²) in [6, 6.07) is 6.39. The summed E-state index contributed by atoms with van der Waals surface area (Å²) in [5.41, 5.74) is 6.06. The van der Waals surface area contributed by atoms with Gasteiger partial charge in [-0.25, -0.2) is 12.9 Å². The van der Waals surface area contributed by atoms with Crippen LogP contribution >= 0.6 is 0 Å². The van der Waals surface area contributed by atoms with Crippen LogP contribution < -0.4 is 15.8 Å². The fourth-order valence-electron chi connectivity index (χ4n) is 6.09. The minimum atomic E-state index is -5.73. The fourth-order valence-corrected chi connectivity index (χ4v) is 7.06. The van der Waals surface area contributed by atoms with Crippen molar-refractivity contribution in [2.75, 3.05) is 32.8 Å². The number of ether oxygens (including phenoxy) is 1. The third-order valence-corrected chi connectivity index (χ3v) is 10.7. The molecule has 0 spiro atoms. The minimum Gasteiger partial charge on any atom is -0.490 e. The summed E-state index contributed by atoms with van der Waals surface area (Å²) < 4.78 is 97.6. The van der Waals surface area contributed by atoms with Crippen LogP contribution in [0.1, 0.15) is 82.9 Å². The Kier molecular flexibility index (Phi) is 12.5. The zero-order valence-electron chi connectivity index (χ0n) is 29.0. The van der Waals surface area contributed by atoms with Gasteiger partial charge in [0.1, 0.15) is 16.5 Å². The zero-order valence-corrected chi connectivity index (χ0v) is 29.8. The molecule has 2 aliphatic heterocycles. The van der Waals surface area contributed by atoms with Gasteiger partial charge in [-0.1, -0.05) is 0 Å². The molecule has 4 rings (SSSR count). The monoisotopic (exact) mass is 760 g/mol. The summed E-state index contributed by atoms with van der Waals surface area (Å²) in [6.45, 7) is 5.85. The maximum Gasteiger partial charge on any atom is 0.453 e. The van der Waals surface area contributed by atoms with E-state index in [1.807, 2.05) is 13.8 Å². The third kappa shape index (κ3) is 9.72. The molecule has 2 aliphatic rings. The van der Waals surface area contributed by atoms with E-state index in [9.17, 15) is 50.0 Å². The Morgan fingerprint density at radius 3 is 2.13 bits per heavy atom. The normalized spacial score (nSPS) is 18.6. The molecule has 17 heteroatoms. The lowest BCUT2D eigenvalue weighted by Crippen LogP contribution is -2.62. The van der Waals surface area contributed by atoms with Crippen LogP contribution in [-0.2, 0) is 15.8 Å². The molecule has 52 heavy (non-hydrogen) atoms. The quantitative estimate of drug-likeness (QED) is 0.202. The van der Waals surface area contributed by atoms with Crippen molar-refractivity contribution >= 4 is 34.8 Å². The smallest absolute Gasteiger partial charge is 0.453 e. The molecule has 0 bridgehead atoms. The number of hydrogen-bond donors (Lipinski definition) is 3. The number of nitrogens with two attached hydrogens (primary N) is 1. The average molecular weight is 761 g/mol. The standard InChI is InChI=1S/C35H42F6N4O6S/c1-22-19-25(30(47)44-13-9-32(3,49)10-14-44)20-23(2)26(22)7-18-52(50)45-15-11-33(12-16-45,31(42)48)43-29(46)24-5-6-27(36)28(21-24)51-17-4-8-34(37,38)35(39,40)41/h5-7,18-21,49H,4,8-17H2,1-3H3,(H2,42,48)(H,43,46)/b18-7+. The zero-order chi connectivity index (χ0) is 38.6. The fraction of sp³-hybridized carbons (Fsp3) is 0.514. The number of hydrogen-bond acceptors (Lipinski definition) is 6. The highest BCUT2D eigenvalue weighted by Crippen LogP contribution is 2.39. The predicted molar refractivity (Wildman–Crippen MR) is 181 cm³/mol. The number of nitrogens with zero attached hydrogens (tertiary/aromatic N) is 2. The summed E-state index contributed by atoms with van der Waals surface area (Å²) in [5, 5.41) is 14.3. The van der Waals surface area contributed by atoms with Gasteiger partial charge in [-0.3, -0.25) is 14.4 Å². The van der Waals surface area contributed by atoms with Crippen LogP contribution in [-0.4, -0.2) is 92.3 Å². The number of carbonyl (C=O) groups excluding carboxylic acids is 3. The van der Waals surface area contributed by atoms with Gasteiger partial charge in [-0.2, -0.15) is 22.0 Å². The number of benzene rings is 2. The topological polar surface area (TPSA) is 142 Å². The van der Waals surface area contributed by atoms with E-state index < -0.39 is 77.1 Å². The van der Waals surface area contributed by atoms with Crippen molar-refractivity contribution in [1.29, 1.82) is 0 Å². The number of carbonyl (C=O) groups is 3. The van der Waals surface area contributed by atoms with Crippen LogP contribution in [0.5, 0.6) is 5.75 Å². The van der Waals surface area contributed by atoms with Crippen LogP contribution in [0.4, 0.5) is 26.3 Å². The number of alkyl halides is 5. The molecule has 3 amide bonds. The lowest BCUT2D eigenvalue weighted by molar-refractivity contribution is -0.284. The van der Waals surface area contributed by atoms with Crippen molar-refractivity contribution in [3.8, 4) is 5.75 Å². The Labute approximate surface area is 299 Å². The molecule has 4 N–H and O–H groups in total. The highest BCUT2D eigenvalue weighted by Gasteiger charge is 2.56. The molecule has 1 unspecified atom stereocenters. The van der Waals surface area contributed by atoms with E-state index in [-0.39, 0.29) is 37.4 Å². The van der Waals surface area contributed by atoms with Crippen molar-refractivity contribution in [1.82, 2.24) is 14.5 Å². The lowest BCUT2D eigenvalue weighted by atomic mass is 9.87. The first-order valence-corrected chi connectivity index (χ1v) is 17.8. The van der Waals surface area contributed by atoms with E-state index in [1.54, 1.807) is 34.3 Å². The molecule has 0 saturated carbocycles. The van der Waals surface area contributed by atoms with E-state index in [0.717, 1.165) is 34.9 Å². The average Bonchev–Trinajstić information content (AvgIpc) is 3.06. The van der Waals surface area contributed by atoms with Crippen molar-refractivity contribution in [3.05, 3.63) is 69.4 Å². The van der Waals surface area contributed by atoms with Gasteiger partial charge in [0.15, 0.2) is 11.6 Å². The number of piperidine rings is 2. The molecule has 10 nitrogen and oxygen atoms in total. The van der Waals surface area contributed by atoms with Gasteiger partial charge in [0.05, 0.1) is 12.2 Å². The van der Waals surface area contributed by atoms with Crippen molar-refractivity contribution in [2.24, 2.45) is 5.73 Å². The van der Waals surface area contributed by atoms with Gasteiger partial charge in [-0.15, -0.1) is 0 Å².